The van der Waals surface area contributed by atoms with E-state index in [4.69, 9.17) is 5.11 Å². The number of hydrogen-bond donors (Lipinski definition) is 3. The van der Waals surface area contributed by atoms with Crippen LogP contribution >= 0.6 is 0 Å². The fourth-order valence-electron chi connectivity index (χ4n) is 1.60. The first-order chi connectivity index (χ1) is 9.56. The maximum absolute atomic E-state index is 11.4. The van der Waals surface area contributed by atoms with Crippen LogP contribution in [0.3, 0.4) is 0 Å². The van der Waals surface area contributed by atoms with Crippen LogP contribution in [-0.2, 0) is 9.59 Å². The molecule has 20 heavy (non-hydrogen) atoms. The van der Waals surface area contributed by atoms with Gasteiger partial charge in [-0.25, -0.2) is 14.8 Å². The van der Waals surface area contributed by atoms with E-state index in [0.29, 0.717) is 11.6 Å². The zero-order valence-electron chi connectivity index (χ0n) is 10.6. The van der Waals surface area contributed by atoms with Crippen molar-refractivity contribution in [3.63, 3.8) is 0 Å². The molecule has 0 aliphatic heterocycles. The van der Waals surface area contributed by atoms with E-state index >= 15 is 0 Å². The lowest BCUT2D eigenvalue weighted by Crippen LogP contribution is -2.28. The van der Waals surface area contributed by atoms with E-state index < -0.39 is 11.9 Å². The summed E-state index contributed by atoms with van der Waals surface area (Å²) < 4.78 is 0. The van der Waals surface area contributed by atoms with Crippen molar-refractivity contribution in [2.45, 2.75) is 6.92 Å². The monoisotopic (exact) mass is 272 g/mol. The van der Waals surface area contributed by atoms with Crippen LogP contribution in [0.4, 0.5) is 5.82 Å². The lowest BCUT2D eigenvalue weighted by Gasteiger charge is -2.09. The molecule has 0 fully saturated rings. The normalized spacial score (nSPS) is 10.7. The standard InChI is InChI=1S/C13H12N4O3/c1-8-14-10-5-3-2-4-9(10)13(15-8)17-16-11(18)6-7-12(19)20/h2-7H,1H3,(H,16,18)(H,19,20)(H,14,15,17). The highest BCUT2D eigenvalue weighted by atomic mass is 16.4. The molecule has 0 spiro atoms. The number of benzene rings is 1. The van der Waals surface area contributed by atoms with Gasteiger partial charge < -0.3 is 5.11 Å². The number of rotatable bonds is 4. The molecule has 7 nitrogen and oxygen atoms in total. The molecule has 0 saturated carbocycles. The quantitative estimate of drug-likeness (QED) is 0.567. The van der Waals surface area contributed by atoms with Crippen LogP contribution in [-0.4, -0.2) is 27.0 Å². The summed E-state index contributed by atoms with van der Waals surface area (Å²) in [5.41, 5.74) is 5.75. The Morgan fingerprint density at radius 2 is 1.95 bits per heavy atom. The van der Waals surface area contributed by atoms with Crippen molar-refractivity contribution in [1.82, 2.24) is 15.4 Å². The number of fused-ring (bicyclic) bond motifs is 1. The first kappa shape index (κ1) is 13.5. The number of anilines is 1. The molecule has 1 heterocycles. The fraction of sp³-hybridized carbons (Fsp3) is 0.0769. The van der Waals surface area contributed by atoms with E-state index in [0.717, 1.165) is 23.1 Å². The zero-order valence-corrected chi connectivity index (χ0v) is 10.6. The lowest BCUT2D eigenvalue weighted by molar-refractivity contribution is -0.131. The second-order valence-corrected chi connectivity index (χ2v) is 3.92. The van der Waals surface area contributed by atoms with Crippen molar-refractivity contribution in [2.24, 2.45) is 0 Å². The Labute approximate surface area is 114 Å². The predicted octanol–water partition coefficient (Wildman–Crippen LogP) is 1.02. The fourth-order valence-corrected chi connectivity index (χ4v) is 1.60. The summed E-state index contributed by atoms with van der Waals surface area (Å²) in [5, 5.41) is 9.17. The van der Waals surface area contributed by atoms with Gasteiger partial charge in [-0.3, -0.25) is 15.6 Å². The summed E-state index contributed by atoms with van der Waals surface area (Å²) in [7, 11) is 0. The number of carbonyl (C=O) groups is 2. The number of carboxylic acid groups (broad SMARTS) is 1. The number of aromatic nitrogens is 2. The number of para-hydroxylation sites is 1. The molecule has 3 N–H and O–H groups in total. The highest BCUT2D eigenvalue weighted by Gasteiger charge is 2.05. The number of carboxylic acids is 1. The van der Waals surface area contributed by atoms with E-state index in [1.165, 1.54) is 0 Å². The molecule has 7 heteroatoms. The molecule has 1 amide bonds. The highest BCUT2D eigenvalue weighted by molar-refractivity contribution is 5.95. The molecular weight excluding hydrogens is 260 g/mol. The number of hydrazine groups is 1. The van der Waals surface area contributed by atoms with Crippen molar-refractivity contribution in [2.75, 3.05) is 5.43 Å². The largest absolute Gasteiger partial charge is 0.478 e. The molecule has 0 saturated heterocycles. The van der Waals surface area contributed by atoms with Gasteiger partial charge in [-0.1, -0.05) is 12.1 Å². The van der Waals surface area contributed by atoms with E-state index in [1.807, 2.05) is 24.3 Å². The Morgan fingerprint density at radius 1 is 1.20 bits per heavy atom. The molecule has 0 aliphatic rings. The third-order valence-electron chi connectivity index (χ3n) is 2.40. The molecule has 2 rings (SSSR count). The molecule has 0 bridgehead atoms. The number of nitrogens with one attached hydrogen (secondary N) is 2. The van der Waals surface area contributed by atoms with Gasteiger partial charge >= 0.3 is 5.97 Å². The van der Waals surface area contributed by atoms with Gasteiger partial charge in [0.25, 0.3) is 5.91 Å². The summed E-state index contributed by atoms with van der Waals surface area (Å²) in [5.74, 6) is -0.775. The summed E-state index contributed by atoms with van der Waals surface area (Å²) in [6.45, 7) is 1.74. The summed E-state index contributed by atoms with van der Waals surface area (Å²) in [6.07, 6.45) is 1.66. The Morgan fingerprint density at radius 3 is 2.70 bits per heavy atom. The minimum Gasteiger partial charge on any atom is -0.478 e. The first-order valence-corrected chi connectivity index (χ1v) is 5.76. The third kappa shape index (κ3) is 3.29. The van der Waals surface area contributed by atoms with Gasteiger partial charge in [0, 0.05) is 17.5 Å². The highest BCUT2D eigenvalue weighted by Crippen LogP contribution is 2.18. The molecule has 1 aromatic heterocycles. The van der Waals surface area contributed by atoms with Crippen LogP contribution in [0, 0.1) is 6.92 Å². The van der Waals surface area contributed by atoms with Gasteiger partial charge in [0.05, 0.1) is 5.52 Å². The lowest BCUT2D eigenvalue weighted by atomic mass is 10.2. The molecular formula is C13H12N4O3. The van der Waals surface area contributed by atoms with Crippen LogP contribution in [0.15, 0.2) is 36.4 Å². The molecule has 1 aromatic carbocycles. The molecule has 0 aliphatic carbocycles. The Bertz CT molecular complexity index is 697. The van der Waals surface area contributed by atoms with Crippen LogP contribution in [0.1, 0.15) is 5.82 Å². The Kier molecular flexibility index (Phi) is 3.90. The zero-order chi connectivity index (χ0) is 14.5. The number of hydrogen-bond acceptors (Lipinski definition) is 5. The van der Waals surface area contributed by atoms with Gasteiger partial charge in [-0.05, 0) is 19.1 Å². The van der Waals surface area contributed by atoms with Crippen molar-refractivity contribution in [1.29, 1.82) is 0 Å². The Balaban J connectivity index is 2.17. The van der Waals surface area contributed by atoms with Crippen LogP contribution in [0.2, 0.25) is 0 Å². The molecule has 2 aromatic rings. The average molecular weight is 272 g/mol. The number of aliphatic carboxylic acids is 1. The first-order valence-electron chi connectivity index (χ1n) is 5.76. The van der Waals surface area contributed by atoms with E-state index in [9.17, 15) is 9.59 Å². The minimum absolute atomic E-state index is 0.449. The predicted molar refractivity (Wildman–Crippen MR) is 72.8 cm³/mol. The Hall–Kier alpha value is -2.96. The van der Waals surface area contributed by atoms with E-state index in [2.05, 4.69) is 20.8 Å². The van der Waals surface area contributed by atoms with Crippen LogP contribution in [0.5, 0.6) is 0 Å². The maximum atomic E-state index is 11.4. The van der Waals surface area contributed by atoms with E-state index in [1.54, 1.807) is 6.92 Å². The number of carbonyl (C=O) groups excluding carboxylic acids is 1. The van der Waals surface area contributed by atoms with Crippen LogP contribution in [0.25, 0.3) is 10.9 Å². The molecule has 0 unspecified atom stereocenters. The van der Waals surface area contributed by atoms with Gasteiger partial charge in [0.15, 0.2) is 5.82 Å². The molecule has 0 radical (unpaired) electrons. The molecule has 0 atom stereocenters. The number of amides is 1. The maximum Gasteiger partial charge on any atom is 0.328 e. The topological polar surface area (TPSA) is 104 Å². The third-order valence-corrected chi connectivity index (χ3v) is 2.40. The smallest absolute Gasteiger partial charge is 0.328 e. The van der Waals surface area contributed by atoms with Crippen molar-refractivity contribution >= 4 is 28.6 Å². The summed E-state index contributed by atoms with van der Waals surface area (Å²) in [6, 6.07) is 7.34. The summed E-state index contributed by atoms with van der Waals surface area (Å²) in [4.78, 5) is 30.1. The second-order valence-electron chi connectivity index (χ2n) is 3.92. The minimum atomic E-state index is -1.19. The van der Waals surface area contributed by atoms with Gasteiger partial charge in [-0.15, -0.1) is 0 Å². The SMILES string of the molecule is Cc1nc(NNC(=O)C=CC(=O)O)c2ccccc2n1. The van der Waals surface area contributed by atoms with Crippen molar-refractivity contribution in [3.8, 4) is 0 Å². The van der Waals surface area contributed by atoms with Gasteiger partial charge in [0.1, 0.15) is 5.82 Å². The number of nitrogens with zero attached hydrogens (tertiary/aromatic N) is 2. The van der Waals surface area contributed by atoms with Crippen LogP contribution < -0.4 is 10.9 Å². The molecule has 102 valence electrons. The van der Waals surface area contributed by atoms with E-state index in [-0.39, 0.29) is 0 Å². The average Bonchev–Trinajstić information content (AvgIpc) is 2.42. The van der Waals surface area contributed by atoms with Gasteiger partial charge in [-0.2, -0.15) is 0 Å². The van der Waals surface area contributed by atoms with Crippen molar-refractivity contribution in [3.05, 3.63) is 42.2 Å². The number of aryl methyl sites for hydroxylation is 1. The summed E-state index contributed by atoms with van der Waals surface area (Å²) >= 11 is 0. The second kappa shape index (κ2) is 5.79. The van der Waals surface area contributed by atoms with Crippen molar-refractivity contribution < 1.29 is 14.7 Å². The van der Waals surface area contributed by atoms with Gasteiger partial charge in [0.2, 0.25) is 0 Å².